The van der Waals surface area contributed by atoms with Crippen LogP contribution in [0.15, 0.2) is 59.1 Å². The fourth-order valence-electron chi connectivity index (χ4n) is 3.47. The Morgan fingerprint density at radius 3 is 2.68 bits per heavy atom. The van der Waals surface area contributed by atoms with Crippen LogP contribution >= 0.6 is 0 Å². The number of rotatable bonds is 3. The molecule has 0 spiro atoms. The number of fused-ring (bicyclic) bond motifs is 1. The second kappa shape index (κ2) is 6.73. The van der Waals surface area contributed by atoms with E-state index < -0.39 is 0 Å². The zero-order valence-electron chi connectivity index (χ0n) is 15.8. The lowest BCUT2D eigenvalue weighted by molar-refractivity contribution is -0.00113. The van der Waals surface area contributed by atoms with Crippen LogP contribution in [0.4, 0.5) is 0 Å². The van der Waals surface area contributed by atoms with Gasteiger partial charge in [-0.2, -0.15) is 10.1 Å². The van der Waals surface area contributed by atoms with Gasteiger partial charge in [0, 0.05) is 5.56 Å². The van der Waals surface area contributed by atoms with Gasteiger partial charge in [-0.15, -0.1) is 0 Å². The predicted octanol–water partition coefficient (Wildman–Crippen LogP) is 4.49. The molecule has 0 aliphatic carbocycles. The van der Waals surface area contributed by atoms with Crippen LogP contribution in [0.5, 0.6) is 0 Å². The van der Waals surface area contributed by atoms with Gasteiger partial charge in [0.15, 0.2) is 5.69 Å². The molecule has 3 heterocycles. The minimum atomic E-state index is -0.00827. The fourth-order valence-corrected chi connectivity index (χ4v) is 3.47. The van der Waals surface area contributed by atoms with Crippen LogP contribution in [-0.4, -0.2) is 19.9 Å². The van der Waals surface area contributed by atoms with Crippen molar-refractivity contribution in [1.29, 1.82) is 0 Å². The topological polar surface area (TPSA) is 66.0 Å². The van der Waals surface area contributed by atoms with Gasteiger partial charge in [-0.05, 0) is 31.0 Å². The highest BCUT2D eigenvalue weighted by Crippen LogP contribution is 2.29. The Bertz CT molecular complexity index is 1130. The summed E-state index contributed by atoms with van der Waals surface area (Å²) in [5.41, 5.74) is 6.15. The van der Waals surface area contributed by atoms with Gasteiger partial charge in [-0.25, -0.2) is 0 Å². The average Bonchev–Trinajstić information content (AvgIpc) is 3.35. The first-order valence-electron chi connectivity index (χ1n) is 9.32. The third-order valence-corrected chi connectivity index (χ3v) is 5.11. The van der Waals surface area contributed by atoms with E-state index in [0.717, 1.165) is 22.4 Å². The van der Waals surface area contributed by atoms with E-state index in [-0.39, 0.29) is 6.10 Å². The summed E-state index contributed by atoms with van der Waals surface area (Å²) in [6.45, 7) is 5.28. The molecule has 0 bridgehead atoms. The summed E-state index contributed by atoms with van der Waals surface area (Å²) in [5.74, 6) is 1.000. The predicted molar refractivity (Wildman–Crippen MR) is 104 cm³/mol. The summed E-state index contributed by atoms with van der Waals surface area (Å²) in [5, 5.41) is 8.82. The van der Waals surface area contributed by atoms with E-state index in [1.54, 1.807) is 0 Å². The summed E-state index contributed by atoms with van der Waals surface area (Å²) in [6, 6.07) is 18.4. The zero-order valence-corrected chi connectivity index (χ0v) is 15.8. The van der Waals surface area contributed by atoms with Crippen molar-refractivity contribution in [2.24, 2.45) is 0 Å². The second-order valence-electron chi connectivity index (χ2n) is 7.15. The minimum Gasteiger partial charge on any atom is -0.365 e. The Morgan fingerprint density at radius 2 is 1.86 bits per heavy atom. The lowest BCUT2D eigenvalue weighted by atomic mass is 10.1. The third kappa shape index (κ3) is 3.01. The highest BCUT2D eigenvalue weighted by atomic mass is 16.5. The monoisotopic (exact) mass is 372 g/mol. The molecule has 2 aromatic carbocycles. The van der Waals surface area contributed by atoms with Gasteiger partial charge < -0.3 is 9.26 Å². The lowest BCUT2D eigenvalue weighted by Gasteiger charge is -2.24. The Balaban J connectivity index is 1.41. The largest absolute Gasteiger partial charge is 0.365 e. The van der Waals surface area contributed by atoms with Crippen LogP contribution in [-0.2, 0) is 17.9 Å². The number of hydrogen-bond acceptors (Lipinski definition) is 5. The molecule has 0 N–H and O–H groups in total. The van der Waals surface area contributed by atoms with E-state index in [1.165, 1.54) is 5.56 Å². The second-order valence-corrected chi connectivity index (χ2v) is 7.15. The van der Waals surface area contributed by atoms with Gasteiger partial charge in [-0.1, -0.05) is 59.3 Å². The van der Waals surface area contributed by atoms with Crippen molar-refractivity contribution in [3.8, 4) is 23.0 Å². The molecule has 0 saturated carbocycles. The van der Waals surface area contributed by atoms with Crippen LogP contribution in [0.25, 0.3) is 23.0 Å². The molecule has 1 atom stereocenters. The summed E-state index contributed by atoms with van der Waals surface area (Å²) in [6.07, 6.45) is -0.00827. The molecule has 6 heteroatoms. The van der Waals surface area contributed by atoms with Crippen LogP contribution < -0.4 is 0 Å². The van der Waals surface area contributed by atoms with Crippen LogP contribution in [0.2, 0.25) is 0 Å². The number of aromatic nitrogens is 4. The van der Waals surface area contributed by atoms with E-state index in [0.29, 0.717) is 30.6 Å². The molecular weight excluding hydrogens is 352 g/mol. The van der Waals surface area contributed by atoms with Crippen molar-refractivity contribution in [3.05, 3.63) is 77.0 Å². The number of ether oxygens (including phenoxy) is 1. The first-order chi connectivity index (χ1) is 13.7. The number of benzene rings is 2. The first kappa shape index (κ1) is 16.9. The molecule has 1 aliphatic heterocycles. The summed E-state index contributed by atoms with van der Waals surface area (Å²) in [4.78, 5) is 4.55. The van der Waals surface area contributed by atoms with E-state index >= 15 is 0 Å². The molecule has 0 radical (unpaired) electrons. The van der Waals surface area contributed by atoms with E-state index in [2.05, 4.69) is 46.4 Å². The smallest absolute Gasteiger partial charge is 0.278 e. The van der Waals surface area contributed by atoms with E-state index in [1.807, 2.05) is 41.9 Å². The molecule has 5 rings (SSSR count). The number of nitrogens with zero attached hydrogens (tertiary/aromatic N) is 4. The maximum absolute atomic E-state index is 6.04. The van der Waals surface area contributed by atoms with Gasteiger partial charge in [-0.3, -0.25) is 4.68 Å². The van der Waals surface area contributed by atoms with Gasteiger partial charge in [0.1, 0.15) is 6.10 Å². The molecule has 4 aromatic rings. The maximum Gasteiger partial charge on any atom is 0.278 e. The molecule has 0 amide bonds. The Kier molecular flexibility index (Phi) is 4.06. The molecule has 6 nitrogen and oxygen atoms in total. The van der Waals surface area contributed by atoms with Crippen molar-refractivity contribution < 1.29 is 9.26 Å². The third-order valence-electron chi connectivity index (χ3n) is 5.11. The lowest BCUT2D eigenvalue weighted by Crippen LogP contribution is -2.21. The Labute approximate surface area is 162 Å². The minimum absolute atomic E-state index is 0.00827. The molecule has 0 saturated heterocycles. The maximum atomic E-state index is 6.04. The van der Waals surface area contributed by atoms with Crippen LogP contribution in [0, 0.1) is 13.8 Å². The molecule has 0 fully saturated rings. The highest BCUT2D eigenvalue weighted by Gasteiger charge is 2.24. The Hall–Kier alpha value is -3.25. The molecule has 1 aliphatic rings. The molecule has 0 unspecified atom stereocenters. The normalized spacial score (nSPS) is 16.1. The van der Waals surface area contributed by atoms with Crippen molar-refractivity contribution in [3.63, 3.8) is 0 Å². The number of aryl methyl sites for hydroxylation is 2. The fraction of sp³-hybridized carbons (Fsp3) is 0.227. The van der Waals surface area contributed by atoms with Crippen LogP contribution in [0.3, 0.4) is 0 Å². The van der Waals surface area contributed by atoms with Crippen molar-refractivity contribution in [2.45, 2.75) is 33.1 Å². The standard InChI is InChI=1S/C22H20N4O2/c1-14-7-9-16(10-8-14)20-12-26-17(13-27-20)11-19(24-26)22-23-21(25-28-22)18-6-4-3-5-15(18)2/h3-11,20H,12-13H2,1-2H3/t20-/m0/s1. The highest BCUT2D eigenvalue weighted by molar-refractivity contribution is 5.61. The summed E-state index contributed by atoms with van der Waals surface area (Å²) >= 11 is 0. The first-order valence-corrected chi connectivity index (χ1v) is 9.32. The van der Waals surface area contributed by atoms with Crippen LogP contribution in [0.1, 0.15) is 28.5 Å². The summed E-state index contributed by atoms with van der Waals surface area (Å²) in [7, 11) is 0. The van der Waals surface area contributed by atoms with Crippen molar-refractivity contribution >= 4 is 0 Å². The van der Waals surface area contributed by atoms with E-state index in [4.69, 9.17) is 9.26 Å². The van der Waals surface area contributed by atoms with Gasteiger partial charge >= 0.3 is 0 Å². The zero-order chi connectivity index (χ0) is 19.1. The van der Waals surface area contributed by atoms with Gasteiger partial charge in [0.2, 0.25) is 5.82 Å². The molecule has 2 aromatic heterocycles. The van der Waals surface area contributed by atoms with Gasteiger partial charge in [0.05, 0.1) is 18.8 Å². The average molecular weight is 372 g/mol. The Morgan fingerprint density at radius 1 is 1.04 bits per heavy atom. The molecule has 28 heavy (non-hydrogen) atoms. The molecular formula is C22H20N4O2. The van der Waals surface area contributed by atoms with Crippen molar-refractivity contribution in [1.82, 2.24) is 19.9 Å². The van der Waals surface area contributed by atoms with E-state index in [9.17, 15) is 0 Å². The quantitative estimate of drug-likeness (QED) is 0.530. The SMILES string of the molecule is Cc1ccc([C@@H]2Cn3nc(-c4nc(-c5ccccc5C)no4)cc3CO2)cc1. The van der Waals surface area contributed by atoms with Gasteiger partial charge in [0.25, 0.3) is 5.89 Å². The summed E-state index contributed by atoms with van der Waals surface area (Å²) < 4.78 is 13.5. The number of hydrogen-bond donors (Lipinski definition) is 0. The molecule has 140 valence electrons. The van der Waals surface area contributed by atoms with Crippen molar-refractivity contribution in [2.75, 3.05) is 0 Å².